The lowest BCUT2D eigenvalue weighted by Crippen LogP contribution is -2.16. The fraction of sp³-hybridized carbons (Fsp3) is 0. The number of rotatable bonds is 2. The van der Waals surface area contributed by atoms with Crippen LogP contribution in [0.5, 0.6) is 0 Å². The van der Waals surface area contributed by atoms with Gasteiger partial charge in [-0.25, -0.2) is 18.5 Å². The molecule has 0 radical (unpaired) electrons. The molecule has 1 heterocycles. The van der Waals surface area contributed by atoms with Crippen molar-refractivity contribution in [2.75, 3.05) is 0 Å². The van der Waals surface area contributed by atoms with Gasteiger partial charge < -0.3 is 0 Å². The molecule has 0 aliphatic rings. The van der Waals surface area contributed by atoms with Crippen molar-refractivity contribution >= 4 is 15.7 Å². The smallest absolute Gasteiger partial charge is 0.258 e. The van der Waals surface area contributed by atoms with Crippen LogP contribution in [0.3, 0.4) is 0 Å². The fourth-order valence-corrected chi connectivity index (χ4v) is 1.48. The highest BCUT2D eigenvalue weighted by Gasteiger charge is 2.24. The lowest BCUT2D eigenvalue weighted by atomic mass is 10.3. The second-order valence-electron chi connectivity index (χ2n) is 2.46. The van der Waals surface area contributed by atoms with Crippen molar-refractivity contribution in [1.82, 2.24) is 4.98 Å². The standard InChI is InChI=1S/C6H4N4O4S/c7-2-4-1-5(10(11)12)6(9-3-4)15(8,13)14/h1,3H,(H2,8,13,14). The van der Waals surface area contributed by atoms with Crippen LogP contribution in [0.15, 0.2) is 17.3 Å². The van der Waals surface area contributed by atoms with E-state index in [-0.39, 0.29) is 5.56 Å². The molecule has 1 aromatic rings. The van der Waals surface area contributed by atoms with Gasteiger partial charge in [0.1, 0.15) is 6.07 Å². The molecule has 1 aromatic heterocycles. The predicted octanol–water partition coefficient (Wildman–Crippen LogP) is -0.491. The van der Waals surface area contributed by atoms with Gasteiger partial charge in [-0.3, -0.25) is 10.1 Å². The molecule has 0 aliphatic heterocycles. The van der Waals surface area contributed by atoms with Gasteiger partial charge in [0.25, 0.3) is 10.0 Å². The van der Waals surface area contributed by atoms with Gasteiger partial charge in [0.2, 0.25) is 5.03 Å². The van der Waals surface area contributed by atoms with Gasteiger partial charge in [-0.1, -0.05) is 0 Å². The molecule has 0 spiro atoms. The zero-order valence-electron chi connectivity index (χ0n) is 7.11. The van der Waals surface area contributed by atoms with Gasteiger partial charge in [-0.2, -0.15) is 5.26 Å². The molecule has 1 rings (SSSR count). The molecule has 2 N–H and O–H groups in total. The molecule has 0 saturated carbocycles. The minimum Gasteiger partial charge on any atom is -0.258 e. The number of pyridine rings is 1. The Bertz CT molecular complexity index is 559. The number of hydrogen-bond acceptors (Lipinski definition) is 6. The van der Waals surface area contributed by atoms with Crippen LogP contribution in [0.2, 0.25) is 0 Å². The summed E-state index contributed by atoms with van der Waals surface area (Å²) in [6.07, 6.45) is 0.896. The highest BCUT2D eigenvalue weighted by Crippen LogP contribution is 2.20. The lowest BCUT2D eigenvalue weighted by Gasteiger charge is -1.98. The number of hydrogen-bond donors (Lipinski definition) is 1. The Labute approximate surface area is 84.2 Å². The molecule has 0 aliphatic carbocycles. The highest BCUT2D eigenvalue weighted by atomic mass is 32.2. The Morgan fingerprint density at radius 1 is 1.60 bits per heavy atom. The van der Waals surface area contributed by atoms with Gasteiger partial charge in [0.05, 0.1) is 10.5 Å². The van der Waals surface area contributed by atoms with Crippen LogP contribution in [0.1, 0.15) is 5.56 Å². The summed E-state index contributed by atoms with van der Waals surface area (Å²) < 4.78 is 21.8. The summed E-state index contributed by atoms with van der Waals surface area (Å²) in [6, 6.07) is 2.40. The van der Waals surface area contributed by atoms with Gasteiger partial charge in [0, 0.05) is 12.3 Å². The number of primary sulfonamides is 1. The number of nitrogens with two attached hydrogens (primary N) is 1. The summed E-state index contributed by atoms with van der Waals surface area (Å²) in [4.78, 5) is 12.8. The van der Waals surface area contributed by atoms with E-state index in [4.69, 9.17) is 10.4 Å². The van der Waals surface area contributed by atoms with Crippen molar-refractivity contribution < 1.29 is 13.3 Å². The van der Waals surface area contributed by atoms with E-state index in [9.17, 15) is 18.5 Å². The summed E-state index contributed by atoms with van der Waals surface area (Å²) in [7, 11) is -4.27. The van der Waals surface area contributed by atoms with Crippen molar-refractivity contribution in [3.8, 4) is 6.07 Å². The molecule has 0 fully saturated rings. The van der Waals surface area contributed by atoms with E-state index in [0.717, 1.165) is 12.3 Å². The van der Waals surface area contributed by atoms with Gasteiger partial charge >= 0.3 is 5.69 Å². The molecule has 0 unspecified atom stereocenters. The highest BCUT2D eigenvalue weighted by molar-refractivity contribution is 7.89. The molecule has 0 amide bonds. The van der Waals surface area contributed by atoms with Crippen molar-refractivity contribution in [2.45, 2.75) is 5.03 Å². The first-order valence-corrected chi connectivity index (χ1v) is 4.98. The van der Waals surface area contributed by atoms with E-state index in [0.29, 0.717) is 0 Å². The number of nitriles is 1. The number of sulfonamides is 1. The quantitative estimate of drug-likeness (QED) is 0.534. The van der Waals surface area contributed by atoms with E-state index in [1.165, 1.54) is 0 Å². The minimum atomic E-state index is -4.27. The topological polar surface area (TPSA) is 140 Å². The summed E-state index contributed by atoms with van der Waals surface area (Å²) in [5.74, 6) is 0. The third kappa shape index (κ3) is 2.25. The van der Waals surface area contributed by atoms with Crippen LogP contribution < -0.4 is 5.14 Å². The van der Waals surface area contributed by atoms with Crippen LogP contribution in [0.4, 0.5) is 5.69 Å². The van der Waals surface area contributed by atoms with E-state index < -0.39 is 25.7 Å². The fourth-order valence-electron chi connectivity index (χ4n) is 0.852. The first kappa shape index (κ1) is 11.0. The van der Waals surface area contributed by atoms with Crippen LogP contribution >= 0.6 is 0 Å². The summed E-state index contributed by atoms with van der Waals surface area (Å²) in [5.41, 5.74) is -0.925. The van der Waals surface area contributed by atoms with E-state index in [1.54, 1.807) is 6.07 Å². The molecular weight excluding hydrogens is 224 g/mol. The molecular formula is C6H4N4O4S. The Morgan fingerprint density at radius 3 is 2.60 bits per heavy atom. The zero-order chi connectivity index (χ0) is 11.6. The average Bonchev–Trinajstić information content (AvgIpc) is 2.15. The monoisotopic (exact) mass is 228 g/mol. The first-order chi connectivity index (χ1) is 6.86. The third-order valence-corrected chi connectivity index (χ3v) is 2.28. The van der Waals surface area contributed by atoms with Crippen LogP contribution in [0.25, 0.3) is 0 Å². The molecule has 0 atom stereocenters. The summed E-state index contributed by atoms with van der Waals surface area (Å²) >= 11 is 0. The van der Waals surface area contributed by atoms with Gasteiger partial charge in [0.15, 0.2) is 0 Å². The molecule has 0 bridgehead atoms. The van der Waals surface area contributed by atoms with Crippen molar-refractivity contribution in [3.63, 3.8) is 0 Å². The second kappa shape index (κ2) is 3.60. The van der Waals surface area contributed by atoms with Crippen molar-refractivity contribution in [1.29, 1.82) is 5.26 Å². The van der Waals surface area contributed by atoms with Crippen molar-refractivity contribution in [2.24, 2.45) is 5.14 Å². The van der Waals surface area contributed by atoms with Gasteiger partial charge in [-0.05, 0) is 0 Å². The van der Waals surface area contributed by atoms with Crippen LogP contribution in [-0.2, 0) is 10.0 Å². The SMILES string of the molecule is N#Cc1cnc(S(N)(=O)=O)c([N+](=O)[O-])c1. The predicted molar refractivity (Wildman–Crippen MR) is 47.0 cm³/mol. The maximum Gasteiger partial charge on any atom is 0.309 e. The van der Waals surface area contributed by atoms with E-state index in [1.807, 2.05) is 0 Å². The number of nitro groups is 1. The summed E-state index contributed by atoms with van der Waals surface area (Å²) in [5, 5.41) is 22.8. The molecule has 15 heavy (non-hydrogen) atoms. The Kier molecular flexibility index (Phi) is 2.65. The largest absolute Gasteiger partial charge is 0.309 e. The molecule has 8 nitrogen and oxygen atoms in total. The van der Waals surface area contributed by atoms with E-state index >= 15 is 0 Å². The number of aromatic nitrogens is 1. The Morgan fingerprint density at radius 2 is 2.20 bits per heavy atom. The first-order valence-electron chi connectivity index (χ1n) is 3.43. The molecule has 0 saturated heterocycles. The van der Waals surface area contributed by atoms with Crippen LogP contribution in [-0.4, -0.2) is 18.3 Å². The summed E-state index contributed by atoms with van der Waals surface area (Å²) in [6.45, 7) is 0. The molecule has 9 heteroatoms. The third-order valence-electron chi connectivity index (χ3n) is 1.43. The van der Waals surface area contributed by atoms with Gasteiger partial charge in [-0.15, -0.1) is 0 Å². The van der Waals surface area contributed by atoms with Crippen LogP contribution in [0, 0.1) is 21.4 Å². The average molecular weight is 228 g/mol. The molecule has 0 aromatic carbocycles. The maximum absolute atomic E-state index is 10.9. The normalized spacial score (nSPS) is 10.7. The van der Waals surface area contributed by atoms with E-state index in [2.05, 4.69) is 4.98 Å². The second-order valence-corrected chi connectivity index (χ2v) is 3.94. The lowest BCUT2D eigenvalue weighted by molar-refractivity contribution is -0.388. The maximum atomic E-state index is 10.9. The Balaban J connectivity index is 3.57. The minimum absolute atomic E-state index is 0.117. The number of nitrogens with zero attached hydrogens (tertiary/aromatic N) is 3. The van der Waals surface area contributed by atoms with Crippen molar-refractivity contribution in [3.05, 3.63) is 27.9 Å². The zero-order valence-corrected chi connectivity index (χ0v) is 7.93. The molecule has 78 valence electrons. The Hall–Kier alpha value is -2.05.